The van der Waals surface area contributed by atoms with Crippen LogP contribution in [0.15, 0.2) is 0 Å². The van der Waals surface area contributed by atoms with E-state index in [1.165, 1.54) is 19.4 Å². The highest BCUT2D eigenvalue weighted by Crippen LogP contribution is 2.27. The quantitative estimate of drug-likeness (QED) is 0.667. The number of nitrogens with zero attached hydrogens (tertiary/aromatic N) is 2. The van der Waals surface area contributed by atoms with E-state index < -0.39 is 0 Å². The zero-order chi connectivity index (χ0) is 9.84. The Morgan fingerprint density at radius 1 is 1.62 bits per heavy atom. The van der Waals surface area contributed by atoms with Gasteiger partial charge in [0.25, 0.3) is 0 Å². The number of hydrogen-bond donors (Lipinski definition) is 0. The Balaban J connectivity index is 2.53. The topological polar surface area (TPSA) is 27.0 Å². The first-order valence-corrected chi connectivity index (χ1v) is 5.31. The molecule has 0 bridgehead atoms. The molecular weight excluding hydrogens is 160 g/mol. The molecule has 0 saturated carbocycles. The zero-order valence-electron chi connectivity index (χ0n) is 8.95. The van der Waals surface area contributed by atoms with E-state index in [2.05, 4.69) is 31.7 Å². The zero-order valence-corrected chi connectivity index (χ0v) is 8.95. The van der Waals surface area contributed by atoms with Gasteiger partial charge in [0.2, 0.25) is 0 Å². The van der Waals surface area contributed by atoms with Crippen LogP contribution in [0.2, 0.25) is 0 Å². The monoisotopic (exact) mass is 180 g/mol. The molecule has 0 radical (unpaired) electrons. The molecular formula is C11H20N2. The van der Waals surface area contributed by atoms with Crippen molar-refractivity contribution in [3.63, 3.8) is 0 Å². The van der Waals surface area contributed by atoms with Crippen molar-refractivity contribution in [1.82, 2.24) is 4.90 Å². The smallest absolute Gasteiger partial charge is 0.0638 e. The van der Waals surface area contributed by atoms with Crippen LogP contribution in [0.4, 0.5) is 0 Å². The molecule has 0 spiro atoms. The third-order valence-electron chi connectivity index (χ3n) is 3.09. The van der Waals surface area contributed by atoms with Crippen molar-refractivity contribution in [2.24, 2.45) is 5.92 Å². The van der Waals surface area contributed by atoms with Crippen molar-refractivity contribution in [2.45, 2.75) is 52.1 Å². The summed E-state index contributed by atoms with van der Waals surface area (Å²) >= 11 is 0. The van der Waals surface area contributed by atoms with Crippen molar-refractivity contribution in [1.29, 1.82) is 5.26 Å². The molecule has 1 rings (SSSR count). The predicted molar refractivity (Wildman–Crippen MR) is 54.3 cm³/mol. The van der Waals surface area contributed by atoms with E-state index in [1.54, 1.807) is 0 Å². The summed E-state index contributed by atoms with van der Waals surface area (Å²) in [4.78, 5) is 2.51. The minimum atomic E-state index is 0.444. The van der Waals surface area contributed by atoms with Crippen molar-refractivity contribution in [3.05, 3.63) is 0 Å². The van der Waals surface area contributed by atoms with Crippen LogP contribution in [-0.2, 0) is 0 Å². The van der Waals surface area contributed by atoms with E-state index in [1.807, 2.05) is 0 Å². The van der Waals surface area contributed by atoms with Gasteiger partial charge in [-0.3, -0.25) is 4.90 Å². The minimum Gasteiger partial charge on any atom is -0.296 e. The Kier molecular flexibility index (Phi) is 3.74. The Labute approximate surface area is 81.5 Å². The molecule has 13 heavy (non-hydrogen) atoms. The molecule has 3 atom stereocenters. The van der Waals surface area contributed by atoms with Gasteiger partial charge in [0.05, 0.1) is 12.5 Å². The normalized spacial score (nSPS) is 31.5. The summed E-state index contributed by atoms with van der Waals surface area (Å²) in [6.45, 7) is 7.90. The minimum absolute atomic E-state index is 0.444. The van der Waals surface area contributed by atoms with Gasteiger partial charge in [-0.05, 0) is 25.7 Å². The average Bonchev–Trinajstić information content (AvgIpc) is 2.47. The van der Waals surface area contributed by atoms with E-state index in [0.717, 1.165) is 12.0 Å². The van der Waals surface area contributed by atoms with Crippen molar-refractivity contribution < 1.29 is 0 Å². The molecule has 1 aliphatic rings. The molecule has 74 valence electrons. The second kappa shape index (κ2) is 4.62. The number of rotatable bonds is 3. The Bertz CT molecular complexity index is 195. The van der Waals surface area contributed by atoms with Crippen LogP contribution in [0, 0.1) is 17.2 Å². The van der Waals surface area contributed by atoms with Crippen LogP contribution in [-0.4, -0.2) is 23.5 Å². The maximum absolute atomic E-state index is 8.65. The SMILES string of the molecule is CCC1CC(C)CN1C(C)CC#N. The molecule has 0 aliphatic carbocycles. The maximum atomic E-state index is 8.65. The summed E-state index contributed by atoms with van der Waals surface area (Å²) < 4.78 is 0. The summed E-state index contributed by atoms with van der Waals surface area (Å²) in [7, 11) is 0. The Morgan fingerprint density at radius 3 is 2.85 bits per heavy atom. The number of nitriles is 1. The lowest BCUT2D eigenvalue weighted by molar-refractivity contribution is 0.187. The van der Waals surface area contributed by atoms with Crippen molar-refractivity contribution >= 4 is 0 Å². The van der Waals surface area contributed by atoms with Gasteiger partial charge >= 0.3 is 0 Å². The Hall–Kier alpha value is -0.550. The first kappa shape index (κ1) is 10.5. The van der Waals surface area contributed by atoms with E-state index >= 15 is 0 Å². The fourth-order valence-corrected chi connectivity index (χ4v) is 2.37. The third kappa shape index (κ3) is 2.45. The fourth-order valence-electron chi connectivity index (χ4n) is 2.37. The van der Waals surface area contributed by atoms with Gasteiger partial charge in [0.1, 0.15) is 0 Å². The van der Waals surface area contributed by atoms with E-state index in [-0.39, 0.29) is 0 Å². The third-order valence-corrected chi connectivity index (χ3v) is 3.09. The highest BCUT2D eigenvalue weighted by Gasteiger charge is 2.30. The first-order valence-electron chi connectivity index (χ1n) is 5.31. The standard InChI is InChI=1S/C11H20N2/c1-4-11-7-9(2)8-13(11)10(3)5-6-12/h9-11H,4-5,7-8H2,1-3H3. The lowest BCUT2D eigenvalue weighted by atomic mass is 10.1. The molecule has 1 saturated heterocycles. The summed E-state index contributed by atoms with van der Waals surface area (Å²) in [6, 6.07) is 3.43. The fraction of sp³-hybridized carbons (Fsp3) is 0.909. The van der Waals surface area contributed by atoms with Gasteiger partial charge in [0, 0.05) is 18.6 Å². The van der Waals surface area contributed by atoms with Crippen molar-refractivity contribution in [2.75, 3.05) is 6.54 Å². The summed E-state index contributed by atoms with van der Waals surface area (Å²) in [5.74, 6) is 0.811. The van der Waals surface area contributed by atoms with Crippen LogP contribution in [0.1, 0.15) is 40.0 Å². The van der Waals surface area contributed by atoms with Gasteiger partial charge in [0.15, 0.2) is 0 Å². The van der Waals surface area contributed by atoms with E-state index in [9.17, 15) is 0 Å². The predicted octanol–water partition coefficient (Wildman–Crippen LogP) is 2.41. The van der Waals surface area contributed by atoms with Crippen LogP contribution < -0.4 is 0 Å². The molecule has 1 aliphatic heterocycles. The highest BCUT2D eigenvalue weighted by molar-refractivity contribution is 4.89. The molecule has 0 aromatic heterocycles. The largest absolute Gasteiger partial charge is 0.296 e. The van der Waals surface area contributed by atoms with Gasteiger partial charge < -0.3 is 0 Å². The molecule has 2 heteroatoms. The molecule has 0 aromatic carbocycles. The van der Waals surface area contributed by atoms with Crippen LogP contribution >= 0.6 is 0 Å². The van der Waals surface area contributed by atoms with Crippen LogP contribution in [0.25, 0.3) is 0 Å². The van der Waals surface area contributed by atoms with Gasteiger partial charge in [-0.2, -0.15) is 5.26 Å². The molecule has 0 N–H and O–H groups in total. The van der Waals surface area contributed by atoms with Crippen LogP contribution in [0.3, 0.4) is 0 Å². The maximum Gasteiger partial charge on any atom is 0.0638 e. The second-order valence-electron chi connectivity index (χ2n) is 4.31. The lowest BCUT2D eigenvalue weighted by Gasteiger charge is -2.28. The van der Waals surface area contributed by atoms with Gasteiger partial charge in [-0.1, -0.05) is 13.8 Å². The average molecular weight is 180 g/mol. The Morgan fingerprint density at radius 2 is 2.31 bits per heavy atom. The first-order chi connectivity index (χ1) is 6.19. The van der Waals surface area contributed by atoms with Crippen molar-refractivity contribution in [3.8, 4) is 6.07 Å². The lowest BCUT2D eigenvalue weighted by Crippen LogP contribution is -2.36. The molecule has 0 aromatic rings. The molecule has 1 fully saturated rings. The number of hydrogen-bond acceptors (Lipinski definition) is 2. The molecule has 0 amide bonds. The van der Waals surface area contributed by atoms with Gasteiger partial charge in [-0.15, -0.1) is 0 Å². The molecule has 3 unspecified atom stereocenters. The van der Waals surface area contributed by atoms with Crippen LogP contribution in [0.5, 0.6) is 0 Å². The van der Waals surface area contributed by atoms with E-state index in [4.69, 9.17) is 5.26 Å². The number of likely N-dealkylation sites (tertiary alicyclic amines) is 1. The second-order valence-corrected chi connectivity index (χ2v) is 4.31. The summed E-state index contributed by atoms with van der Waals surface area (Å²) in [6.07, 6.45) is 3.20. The van der Waals surface area contributed by atoms with Gasteiger partial charge in [-0.25, -0.2) is 0 Å². The highest BCUT2D eigenvalue weighted by atomic mass is 15.2. The van der Waals surface area contributed by atoms with E-state index in [0.29, 0.717) is 12.5 Å². The summed E-state index contributed by atoms with van der Waals surface area (Å²) in [5.41, 5.74) is 0. The molecule has 1 heterocycles. The summed E-state index contributed by atoms with van der Waals surface area (Å²) in [5, 5.41) is 8.65. The molecule has 2 nitrogen and oxygen atoms in total.